The van der Waals surface area contributed by atoms with Crippen LogP contribution in [0.3, 0.4) is 0 Å². The van der Waals surface area contributed by atoms with Gasteiger partial charge in [-0.05, 0) is 88.6 Å². The standard InChI is InChI=1S/C31H47NO5/c1-28(2)16-23(17-29(3,4)20-28)36-26(33)25(15-21-11-13-22(35-10)14-12-21)27(34)37-24-18-30(5,6)32(9)31(7,8)19-24/h11-15,23-24H,16-20H2,1-10H3. The molecule has 0 aromatic heterocycles. The van der Waals surface area contributed by atoms with Crippen molar-refractivity contribution in [2.75, 3.05) is 14.2 Å². The molecule has 37 heavy (non-hydrogen) atoms. The maximum absolute atomic E-state index is 13.6. The monoisotopic (exact) mass is 513 g/mol. The van der Waals surface area contributed by atoms with E-state index in [0.717, 1.165) is 19.3 Å². The number of carbonyl (C=O) groups is 2. The minimum atomic E-state index is -0.628. The maximum Gasteiger partial charge on any atom is 0.345 e. The Labute approximate surface area is 223 Å². The molecule has 2 aliphatic rings. The molecule has 0 N–H and O–H groups in total. The van der Waals surface area contributed by atoms with Crippen LogP contribution in [-0.4, -0.2) is 54.3 Å². The number of benzene rings is 1. The van der Waals surface area contributed by atoms with Crippen LogP contribution in [0.25, 0.3) is 6.08 Å². The summed E-state index contributed by atoms with van der Waals surface area (Å²) >= 11 is 0. The first kappa shape index (κ1) is 29.2. The van der Waals surface area contributed by atoms with Gasteiger partial charge in [0.2, 0.25) is 0 Å². The maximum atomic E-state index is 13.6. The molecule has 0 bridgehead atoms. The Morgan fingerprint density at radius 3 is 1.65 bits per heavy atom. The number of rotatable bonds is 6. The first-order valence-electron chi connectivity index (χ1n) is 13.4. The molecule has 1 heterocycles. The molecule has 0 unspecified atom stereocenters. The SMILES string of the molecule is COc1ccc(C=C(C(=O)OC2CC(C)(C)CC(C)(C)C2)C(=O)OC2CC(C)(C)N(C)C(C)(C)C2)cc1. The summed E-state index contributed by atoms with van der Waals surface area (Å²) in [5.74, 6) is -0.548. The molecule has 206 valence electrons. The molecule has 2 fully saturated rings. The Morgan fingerprint density at radius 1 is 0.784 bits per heavy atom. The lowest BCUT2D eigenvalue weighted by molar-refractivity contribution is -0.160. The highest BCUT2D eigenvalue weighted by Gasteiger charge is 2.45. The van der Waals surface area contributed by atoms with Gasteiger partial charge in [0.1, 0.15) is 23.5 Å². The van der Waals surface area contributed by atoms with Crippen LogP contribution in [0.15, 0.2) is 29.8 Å². The van der Waals surface area contributed by atoms with Gasteiger partial charge in [-0.3, -0.25) is 4.90 Å². The van der Waals surface area contributed by atoms with E-state index in [9.17, 15) is 9.59 Å². The second kappa shape index (κ2) is 10.4. The number of hydrogen-bond donors (Lipinski definition) is 0. The first-order valence-corrected chi connectivity index (χ1v) is 13.4. The summed E-state index contributed by atoms with van der Waals surface area (Å²) in [5.41, 5.74) is 0.453. The largest absolute Gasteiger partial charge is 0.497 e. The predicted molar refractivity (Wildman–Crippen MR) is 147 cm³/mol. The zero-order valence-corrected chi connectivity index (χ0v) is 24.6. The van der Waals surface area contributed by atoms with E-state index in [0.29, 0.717) is 24.2 Å². The number of hydrogen-bond acceptors (Lipinski definition) is 6. The number of ether oxygens (including phenoxy) is 3. The molecular formula is C31H47NO5. The zero-order chi connectivity index (χ0) is 27.8. The van der Waals surface area contributed by atoms with Gasteiger partial charge in [-0.2, -0.15) is 0 Å². The smallest absolute Gasteiger partial charge is 0.345 e. The summed E-state index contributed by atoms with van der Waals surface area (Å²) in [5, 5.41) is 0. The number of nitrogens with zero attached hydrogens (tertiary/aromatic N) is 1. The van der Waals surface area contributed by atoms with Crippen molar-refractivity contribution >= 4 is 18.0 Å². The fraction of sp³-hybridized carbons (Fsp3) is 0.677. The van der Waals surface area contributed by atoms with Crippen LogP contribution in [0, 0.1) is 10.8 Å². The molecule has 1 aliphatic carbocycles. The molecule has 1 aromatic carbocycles. The number of esters is 2. The summed E-state index contributed by atoms with van der Waals surface area (Å²) < 4.78 is 17.3. The summed E-state index contributed by atoms with van der Waals surface area (Å²) in [6, 6.07) is 7.23. The molecule has 1 saturated carbocycles. The van der Waals surface area contributed by atoms with Gasteiger partial charge in [0, 0.05) is 23.9 Å². The fourth-order valence-corrected chi connectivity index (χ4v) is 6.69. The van der Waals surface area contributed by atoms with Gasteiger partial charge in [0.15, 0.2) is 0 Å². The number of likely N-dealkylation sites (tertiary alicyclic amines) is 1. The van der Waals surface area contributed by atoms with Crippen molar-refractivity contribution in [3.05, 3.63) is 35.4 Å². The van der Waals surface area contributed by atoms with Crippen molar-refractivity contribution < 1.29 is 23.8 Å². The summed E-state index contributed by atoms with van der Waals surface area (Å²) in [4.78, 5) is 29.4. The van der Waals surface area contributed by atoms with Crippen molar-refractivity contribution in [1.82, 2.24) is 4.90 Å². The number of methoxy groups -OCH3 is 1. The van der Waals surface area contributed by atoms with Crippen LogP contribution in [0.4, 0.5) is 0 Å². The van der Waals surface area contributed by atoms with Gasteiger partial charge in [0.05, 0.1) is 7.11 Å². The lowest BCUT2D eigenvalue weighted by atomic mass is 9.64. The summed E-state index contributed by atoms with van der Waals surface area (Å²) in [7, 11) is 3.71. The second-order valence-electron chi connectivity index (χ2n) is 13.9. The van der Waals surface area contributed by atoms with E-state index in [4.69, 9.17) is 14.2 Å². The van der Waals surface area contributed by atoms with Crippen LogP contribution >= 0.6 is 0 Å². The predicted octanol–water partition coefficient (Wildman–Crippen LogP) is 6.42. The van der Waals surface area contributed by atoms with Crippen LogP contribution in [0.2, 0.25) is 0 Å². The third-order valence-corrected chi connectivity index (χ3v) is 8.20. The average molecular weight is 514 g/mol. The highest BCUT2D eigenvalue weighted by atomic mass is 16.6. The molecule has 6 nitrogen and oxygen atoms in total. The fourth-order valence-electron chi connectivity index (χ4n) is 6.69. The van der Waals surface area contributed by atoms with E-state index >= 15 is 0 Å². The van der Waals surface area contributed by atoms with Crippen LogP contribution in [0.1, 0.15) is 93.1 Å². The second-order valence-corrected chi connectivity index (χ2v) is 13.9. The van der Waals surface area contributed by atoms with Gasteiger partial charge >= 0.3 is 11.9 Å². The quantitative estimate of drug-likeness (QED) is 0.189. The lowest BCUT2D eigenvalue weighted by Crippen LogP contribution is -2.60. The molecule has 6 heteroatoms. The molecule has 1 aromatic rings. The van der Waals surface area contributed by atoms with Crippen molar-refractivity contribution in [2.24, 2.45) is 10.8 Å². The Hall–Kier alpha value is -2.34. The highest BCUT2D eigenvalue weighted by molar-refractivity contribution is 6.17. The Morgan fingerprint density at radius 2 is 1.22 bits per heavy atom. The molecule has 0 spiro atoms. The molecule has 1 saturated heterocycles. The van der Waals surface area contributed by atoms with E-state index in [1.54, 1.807) is 25.3 Å². The normalized spacial score (nSPS) is 23.8. The van der Waals surface area contributed by atoms with Gasteiger partial charge in [-0.25, -0.2) is 9.59 Å². The Kier molecular flexibility index (Phi) is 8.24. The number of carbonyl (C=O) groups excluding carboxylic acids is 2. The van der Waals surface area contributed by atoms with E-state index in [1.807, 2.05) is 12.1 Å². The third-order valence-electron chi connectivity index (χ3n) is 8.20. The van der Waals surface area contributed by atoms with Crippen molar-refractivity contribution in [1.29, 1.82) is 0 Å². The summed E-state index contributed by atoms with van der Waals surface area (Å²) in [6.07, 6.45) is 5.01. The van der Waals surface area contributed by atoms with Crippen molar-refractivity contribution in [3.63, 3.8) is 0 Å². The van der Waals surface area contributed by atoms with E-state index < -0.39 is 11.9 Å². The zero-order valence-electron chi connectivity index (χ0n) is 24.6. The highest BCUT2D eigenvalue weighted by Crippen LogP contribution is 2.47. The van der Waals surface area contributed by atoms with E-state index in [-0.39, 0.29) is 39.7 Å². The third kappa shape index (κ3) is 7.37. The van der Waals surface area contributed by atoms with Crippen molar-refractivity contribution in [3.8, 4) is 5.75 Å². The minimum absolute atomic E-state index is 0.0539. The van der Waals surface area contributed by atoms with Gasteiger partial charge in [-0.15, -0.1) is 0 Å². The average Bonchev–Trinajstić information content (AvgIpc) is 2.73. The van der Waals surface area contributed by atoms with Crippen LogP contribution in [0.5, 0.6) is 5.75 Å². The van der Waals surface area contributed by atoms with Crippen molar-refractivity contribution in [2.45, 2.75) is 111 Å². The minimum Gasteiger partial charge on any atom is -0.497 e. The molecule has 1 aliphatic heterocycles. The first-order chi connectivity index (χ1) is 16.9. The van der Waals surface area contributed by atoms with Gasteiger partial charge in [-0.1, -0.05) is 39.8 Å². The van der Waals surface area contributed by atoms with E-state index in [1.165, 1.54) is 0 Å². The topological polar surface area (TPSA) is 65.1 Å². The van der Waals surface area contributed by atoms with Gasteiger partial charge in [0.25, 0.3) is 0 Å². The molecule has 0 atom stereocenters. The Balaban J connectivity index is 1.86. The van der Waals surface area contributed by atoms with Crippen LogP contribution in [-0.2, 0) is 19.1 Å². The Bertz CT molecular complexity index is 985. The molecule has 3 rings (SSSR count). The molecular weight excluding hydrogens is 466 g/mol. The van der Waals surface area contributed by atoms with E-state index in [2.05, 4.69) is 67.3 Å². The van der Waals surface area contributed by atoms with Crippen LogP contribution < -0.4 is 4.74 Å². The number of piperidine rings is 1. The van der Waals surface area contributed by atoms with Gasteiger partial charge < -0.3 is 14.2 Å². The molecule has 0 amide bonds. The molecule has 0 radical (unpaired) electrons. The lowest BCUT2D eigenvalue weighted by Gasteiger charge is -2.53. The summed E-state index contributed by atoms with van der Waals surface area (Å²) in [6.45, 7) is 17.5.